The van der Waals surface area contributed by atoms with Gasteiger partial charge in [-0.3, -0.25) is 4.79 Å². The molecule has 20 heavy (non-hydrogen) atoms. The third-order valence-corrected chi connectivity index (χ3v) is 2.67. The first-order valence-electron chi connectivity index (χ1n) is 6.77. The van der Waals surface area contributed by atoms with E-state index < -0.39 is 0 Å². The quantitative estimate of drug-likeness (QED) is 0.331. The van der Waals surface area contributed by atoms with Gasteiger partial charge in [-0.1, -0.05) is 50.8 Å². The van der Waals surface area contributed by atoms with Gasteiger partial charge in [-0.25, -0.2) is 0 Å². The molecular formula is C18H24O2. The molecule has 0 saturated carbocycles. The molecule has 0 saturated heterocycles. The number of allylic oxidation sites excluding steroid dienone is 4. The van der Waals surface area contributed by atoms with Gasteiger partial charge >= 0.3 is 0 Å². The molecule has 0 aromatic heterocycles. The SMILES string of the molecule is C=C(/C=C\C(=C/C)C(=O)c1ccccc1C)OC.CC. The predicted molar refractivity (Wildman–Crippen MR) is 85.9 cm³/mol. The Balaban J connectivity index is 0.00000172. The van der Waals surface area contributed by atoms with Crippen molar-refractivity contribution < 1.29 is 9.53 Å². The summed E-state index contributed by atoms with van der Waals surface area (Å²) in [6.07, 6.45) is 5.19. The topological polar surface area (TPSA) is 26.3 Å². The van der Waals surface area contributed by atoms with Crippen molar-refractivity contribution in [3.8, 4) is 0 Å². The molecule has 0 radical (unpaired) electrons. The number of hydrogen-bond donors (Lipinski definition) is 0. The van der Waals surface area contributed by atoms with Crippen LogP contribution in [0.25, 0.3) is 0 Å². The molecule has 0 spiro atoms. The lowest BCUT2D eigenvalue weighted by atomic mass is 9.98. The van der Waals surface area contributed by atoms with Crippen molar-refractivity contribution in [3.63, 3.8) is 0 Å². The van der Waals surface area contributed by atoms with Gasteiger partial charge in [0.05, 0.1) is 7.11 Å². The molecule has 1 aromatic carbocycles. The summed E-state index contributed by atoms with van der Waals surface area (Å²) < 4.78 is 4.93. The molecule has 0 N–H and O–H groups in total. The fraction of sp³-hybridized carbons (Fsp3) is 0.278. The summed E-state index contributed by atoms with van der Waals surface area (Å²) >= 11 is 0. The van der Waals surface area contributed by atoms with Gasteiger partial charge in [0.2, 0.25) is 0 Å². The lowest BCUT2D eigenvalue weighted by molar-refractivity contribution is 0.103. The third-order valence-electron chi connectivity index (χ3n) is 2.67. The molecule has 2 heteroatoms. The minimum Gasteiger partial charge on any atom is -0.497 e. The van der Waals surface area contributed by atoms with Crippen molar-refractivity contribution in [1.29, 1.82) is 0 Å². The molecule has 1 aromatic rings. The summed E-state index contributed by atoms with van der Waals surface area (Å²) in [5.41, 5.74) is 2.32. The number of benzene rings is 1. The normalized spacial score (nSPS) is 10.8. The number of rotatable bonds is 5. The maximum absolute atomic E-state index is 12.3. The Hall–Kier alpha value is -2.09. The molecule has 0 atom stereocenters. The van der Waals surface area contributed by atoms with E-state index in [0.29, 0.717) is 11.3 Å². The van der Waals surface area contributed by atoms with Gasteiger partial charge in [0, 0.05) is 11.1 Å². The molecule has 0 aliphatic carbocycles. The maximum atomic E-state index is 12.3. The number of Topliss-reactive ketones (excluding diaryl/α,β-unsaturated/α-hetero) is 1. The lowest BCUT2D eigenvalue weighted by Crippen LogP contribution is -2.03. The molecule has 1 rings (SSSR count). The van der Waals surface area contributed by atoms with E-state index in [2.05, 4.69) is 6.58 Å². The van der Waals surface area contributed by atoms with Crippen molar-refractivity contribution in [2.24, 2.45) is 0 Å². The van der Waals surface area contributed by atoms with Gasteiger partial charge < -0.3 is 4.74 Å². The number of ether oxygens (including phenoxy) is 1. The van der Waals surface area contributed by atoms with Crippen LogP contribution in [-0.4, -0.2) is 12.9 Å². The second-order valence-corrected chi connectivity index (χ2v) is 3.89. The van der Waals surface area contributed by atoms with Gasteiger partial charge in [0.25, 0.3) is 0 Å². The van der Waals surface area contributed by atoms with Crippen LogP contribution in [-0.2, 0) is 4.74 Å². The van der Waals surface area contributed by atoms with Crippen molar-refractivity contribution in [2.75, 3.05) is 7.11 Å². The minimum absolute atomic E-state index is 0.00996. The largest absolute Gasteiger partial charge is 0.497 e. The highest BCUT2D eigenvalue weighted by atomic mass is 16.5. The zero-order valence-electron chi connectivity index (χ0n) is 13.1. The highest BCUT2D eigenvalue weighted by molar-refractivity contribution is 6.11. The summed E-state index contributed by atoms with van der Waals surface area (Å²) in [4.78, 5) is 12.3. The van der Waals surface area contributed by atoms with Gasteiger partial charge in [-0.2, -0.15) is 0 Å². The Labute approximate surface area is 122 Å². The Kier molecular flexibility index (Phi) is 8.77. The zero-order valence-corrected chi connectivity index (χ0v) is 13.1. The molecule has 0 fully saturated rings. The van der Waals surface area contributed by atoms with E-state index in [9.17, 15) is 4.79 Å². The average Bonchev–Trinajstić information content (AvgIpc) is 2.49. The second kappa shape index (κ2) is 9.79. The zero-order chi connectivity index (χ0) is 15.5. The average molecular weight is 272 g/mol. The Morgan fingerprint density at radius 3 is 2.30 bits per heavy atom. The first kappa shape index (κ1) is 17.9. The monoisotopic (exact) mass is 272 g/mol. The van der Waals surface area contributed by atoms with Crippen LogP contribution in [0.15, 0.2) is 60.4 Å². The van der Waals surface area contributed by atoms with E-state index in [-0.39, 0.29) is 5.78 Å². The second-order valence-electron chi connectivity index (χ2n) is 3.89. The molecule has 0 aliphatic heterocycles. The van der Waals surface area contributed by atoms with E-state index in [1.54, 1.807) is 25.3 Å². The summed E-state index contributed by atoms with van der Waals surface area (Å²) in [7, 11) is 1.55. The molecule has 2 nitrogen and oxygen atoms in total. The van der Waals surface area contributed by atoms with Crippen LogP contribution < -0.4 is 0 Å². The highest BCUT2D eigenvalue weighted by Crippen LogP contribution is 2.14. The highest BCUT2D eigenvalue weighted by Gasteiger charge is 2.10. The maximum Gasteiger partial charge on any atom is 0.192 e. The first-order chi connectivity index (χ1) is 9.60. The number of aryl methyl sites for hydroxylation is 1. The van der Waals surface area contributed by atoms with E-state index in [4.69, 9.17) is 4.74 Å². The lowest BCUT2D eigenvalue weighted by Gasteiger charge is -2.05. The number of methoxy groups -OCH3 is 1. The Bertz CT molecular complexity index is 508. The summed E-state index contributed by atoms with van der Waals surface area (Å²) in [6, 6.07) is 7.55. The third kappa shape index (κ3) is 5.27. The molecule has 0 heterocycles. The molecular weight excluding hydrogens is 248 g/mol. The van der Waals surface area contributed by atoms with Crippen molar-refractivity contribution >= 4 is 5.78 Å². The summed E-state index contributed by atoms with van der Waals surface area (Å²) in [5.74, 6) is 0.530. The minimum atomic E-state index is 0.00996. The smallest absolute Gasteiger partial charge is 0.192 e. The van der Waals surface area contributed by atoms with Crippen LogP contribution in [0.2, 0.25) is 0 Å². The predicted octanol–water partition coefficient (Wildman–Crippen LogP) is 4.87. The van der Waals surface area contributed by atoms with Gasteiger partial charge in [-0.05, 0) is 31.6 Å². The number of ketones is 1. The van der Waals surface area contributed by atoms with E-state index in [0.717, 1.165) is 11.1 Å². The van der Waals surface area contributed by atoms with Gasteiger partial charge in [-0.15, -0.1) is 0 Å². The van der Waals surface area contributed by atoms with E-state index in [1.807, 2.05) is 52.0 Å². The molecule has 0 amide bonds. The van der Waals surface area contributed by atoms with Crippen LogP contribution in [0.3, 0.4) is 0 Å². The van der Waals surface area contributed by atoms with Gasteiger partial charge in [0.1, 0.15) is 5.76 Å². The van der Waals surface area contributed by atoms with Crippen LogP contribution in [0.5, 0.6) is 0 Å². The fourth-order valence-corrected chi connectivity index (χ4v) is 1.54. The van der Waals surface area contributed by atoms with Crippen LogP contribution in [0.4, 0.5) is 0 Å². The number of carbonyl (C=O) groups excluding carboxylic acids is 1. The van der Waals surface area contributed by atoms with Gasteiger partial charge in [0.15, 0.2) is 5.78 Å². The fourth-order valence-electron chi connectivity index (χ4n) is 1.54. The number of hydrogen-bond acceptors (Lipinski definition) is 2. The standard InChI is InChI=1S/C16H18O2.C2H6/c1-5-14(11-10-13(3)18-4)16(17)15-9-7-6-8-12(15)2;1-2/h5-11H,3H2,1-2,4H3;1-2H3/b11-10-,14-5+;. The van der Waals surface area contributed by atoms with E-state index in [1.165, 1.54) is 0 Å². The molecule has 0 aliphatic rings. The summed E-state index contributed by atoms with van der Waals surface area (Å²) in [5, 5.41) is 0. The molecule has 108 valence electrons. The Morgan fingerprint density at radius 1 is 1.20 bits per heavy atom. The van der Waals surface area contributed by atoms with Crippen molar-refractivity contribution in [3.05, 3.63) is 71.5 Å². The van der Waals surface area contributed by atoms with Crippen LogP contribution >= 0.6 is 0 Å². The van der Waals surface area contributed by atoms with Crippen LogP contribution in [0.1, 0.15) is 36.7 Å². The first-order valence-corrected chi connectivity index (χ1v) is 6.77. The number of carbonyl (C=O) groups is 1. The summed E-state index contributed by atoms with van der Waals surface area (Å²) in [6.45, 7) is 11.4. The molecule has 0 unspecified atom stereocenters. The van der Waals surface area contributed by atoms with Crippen molar-refractivity contribution in [2.45, 2.75) is 27.7 Å². The molecule has 0 bridgehead atoms. The van der Waals surface area contributed by atoms with Crippen molar-refractivity contribution in [1.82, 2.24) is 0 Å². The van der Waals surface area contributed by atoms with E-state index >= 15 is 0 Å². The Morgan fingerprint density at radius 2 is 1.80 bits per heavy atom. The van der Waals surface area contributed by atoms with Crippen LogP contribution in [0, 0.1) is 6.92 Å².